The highest BCUT2D eigenvalue weighted by atomic mass is 32.2. The lowest BCUT2D eigenvalue weighted by molar-refractivity contribution is 0.224. The van der Waals surface area contributed by atoms with Crippen LogP contribution < -0.4 is 14.8 Å². The number of hydrogen-bond acceptors (Lipinski definition) is 4. The Bertz CT molecular complexity index is 979. The smallest absolute Gasteiger partial charge is 0.361 e. The zero-order valence-electron chi connectivity index (χ0n) is 16.2. The molecule has 0 spiro atoms. The molecule has 2 aromatic rings. The molecule has 2 aliphatic carbocycles. The number of nitrogens with one attached hydrogen (secondary N) is 2. The number of hydrogen-bond donors (Lipinski definition) is 2. The summed E-state index contributed by atoms with van der Waals surface area (Å²) in [5.74, 6) is 0.733. The number of ether oxygens (including phenoxy) is 1. The van der Waals surface area contributed by atoms with Crippen LogP contribution in [0.2, 0.25) is 0 Å². The lowest BCUT2D eigenvalue weighted by Crippen LogP contribution is -2.35. The first-order chi connectivity index (χ1) is 14.0. The van der Waals surface area contributed by atoms with Crippen LogP contribution in [0.15, 0.2) is 17.2 Å². The molecule has 0 fully saturated rings. The Morgan fingerprint density at radius 1 is 1.41 bits per heavy atom. The van der Waals surface area contributed by atoms with E-state index in [0.29, 0.717) is 48.4 Å². The standard InChI is InChI=1S/C20H23FN4O3S/c1-11-3-4-12-7-13-8-14(21)9-15(13)18(17(11)12)23-20(26)24-29(27)16-10-22-25-5-2-6-28-19(16)25/h7,10-11,14H,2-6,8-9H2,1H3,(H2,23,24,26)/t11-,14+,29?/m0/s1. The first-order valence-corrected chi connectivity index (χ1v) is 11.2. The maximum absolute atomic E-state index is 14.1. The van der Waals surface area contributed by atoms with Gasteiger partial charge >= 0.3 is 6.03 Å². The summed E-state index contributed by atoms with van der Waals surface area (Å²) < 4.78 is 36.5. The molecular formula is C20H23FN4O3S. The molecule has 154 valence electrons. The number of benzene rings is 1. The molecule has 0 saturated heterocycles. The molecule has 9 heteroatoms. The molecule has 1 unspecified atom stereocenters. The summed E-state index contributed by atoms with van der Waals surface area (Å²) in [6.07, 6.45) is 4.02. The van der Waals surface area contributed by atoms with Gasteiger partial charge in [0.15, 0.2) is 0 Å². The fourth-order valence-corrected chi connectivity index (χ4v) is 5.48. The number of halogens is 1. The van der Waals surface area contributed by atoms with Crippen LogP contribution in [0.5, 0.6) is 5.88 Å². The van der Waals surface area contributed by atoms with E-state index in [9.17, 15) is 13.7 Å². The number of rotatable bonds is 3. The molecule has 3 atom stereocenters. The molecule has 1 aliphatic heterocycles. The van der Waals surface area contributed by atoms with E-state index in [1.165, 1.54) is 11.8 Å². The Morgan fingerprint density at radius 2 is 2.28 bits per heavy atom. The van der Waals surface area contributed by atoms with E-state index in [1.807, 2.05) is 0 Å². The van der Waals surface area contributed by atoms with Gasteiger partial charge in [-0.05, 0) is 41.0 Å². The van der Waals surface area contributed by atoms with Crippen LogP contribution in [0.1, 0.15) is 47.9 Å². The molecule has 0 saturated carbocycles. The Balaban J connectivity index is 1.38. The van der Waals surface area contributed by atoms with Crippen LogP contribution in [0.4, 0.5) is 14.9 Å². The average Bonchev–Trinajstić information content (AvgIpc) is 3.38. The maximum atomic E-state index is 14.1. The van der Waals surface area contributed by atoms with E-state index in [4.69, 9.17) is 4.74 Å². The monoisotopic (exact) mass is 418 g/mol. The number of carbonyl (C=O) groups is 1. The van der Waals surface area contributed by atoms with Crippen LogP contribution in [0.3, 0.4) is 0 Å². The minimum Gasteiger partial charge on any atom is -0.588 e. The van der Waals surface area contributed by atoms with Gasteiger partial charge in [0.25, 0.3) is 10.8 Å². The van der Waals surface area contributed by atoms with Crippen LogP contribution >= 0.6 is 0 Å². The fourth-order valence-electron chi connectivity index (χ4n) is 4.69. The van der Waals surface area contributed by atoms with Gasteiger partial charge in [0.1, 0.15) is 23.7 Å². The molecule has 2 heterocycles. The normalized spacial score (nSPS) is 23.0. The minimum absolute atomic E-state index is 0.297. The van der Waals surface area contributed by atoms with Crippen molar-refractivity contribution in [2.75, 3.05) is 11.9 Å². The van der Waals surface area contributed by atoms with Crippen LogP contribution in [0, 0.1) is 0 Å². The highest BCUT2D eigenvalue weighted by Crippen LogP contribution is 2.44. The van der Waals surface area contributed by atoms with Gasteiger partial charge in [0, 0.05) is 31.5 Å². The topological polar surface area (TPSA) is 91.2 Å². The quantitative estimate of drug-likeness (QED) is 0.750. The second kappa shape index (κ2) is 7.21. The third-order valence-corrected chi connectivity index (χ3v) is 7.05. The highest BCUT2D eigenvalue weighted by Gasteiger charge is 2.33. The Labute approximate surface area is 171 Å². The second-order valence-corrected chi connectivity index (χ2v) is 9.15. The SMILES string of the molecule is C[C@H]1CCc2cc3c(c(NC(=O)N[S+]([O-])c4cnn5c4OCCC5)c21)C[C@H](F)C3. The van der Waals surface area contributed by atoms with Gasteiger partial charge in [-0.1, -0.05) is 13.0 Å². The van der Waals surface area contributed by atoms with E-state index in [1.54, 1.807) is 4.68 Å². The Morgan fingerprint density at radius 3 is 3.14 bits per heavy atom. The summed E-state index contributed by atoms with van der Waals surface area (Å²) in [6, 6.07) is 1.53. The summed E-state index contributed by atoms with van der Waals surface area (Å²) in [7, 11) is 0. The molecule has 1 aromatic heterocycles. The number of aryl methyl sites for hydroxylation is 2. The third-order valence-electron chi connectivity index (χ3n) is 6.00. The zero-order valence-corrected chi connectivity index (χ0v) is 17.0. The van der Waals surface area contributed by atoms with Crippen molar-refractivity contribution < 1.29 is 18.5 Å². The lowest BCUT2D eigenvalue weighted by atomic mass is 9.95. The number of fused-ring (bicyclic) bond motifs is 3. The van der Waals surface area contributed by atoms with Crippen molar-refractivity contribution in [3.05, 3.63) is 34.5 Å². The van der Waals surface area contributed by atoms with Gasteiger partial charge in [-0.2, -0.15) is 5.10 Å². The maximum Gasteiger partial charge on any atom is 0.361 e. The van der Waals surface area contributed by atoms with Crippen molar-refractivity contribution in [2.45, 2.75) is 62.6 Å². The van der Waals surface area contributed by atoms with Crippen molar-refractivity contribution >= 4 is 23.1 Å². The first kappa shape index (κ1) is 18.7. The van der Waals surface area contributed by atoms with Gasteiger partial charge in [-0.25, -0.2) is 13.9 Å². The molecule has 3 aliphatic rings. The number of anilines is 1. The average molecular weight is 418 g/mol. The molecule has 1 aromatic carbocycles. The first-order valence-electron chi connectivity index (χ1n) is 10.0. The van der Waals surface area contributed by atoms with Crippen molar-refractivity contribution in [2.24, 2.45) is 0 Å². The van der Waals surface area contributed by atoms with Crippen molar-refractivity contribution in [3.8, 4) is 5.88 Å². The lowest BCUT2D eigenvalue weighted by Gasteiger charge is -2.19. The van der Waals surface area contributed by atoms with Crippen LogP contribution in [-0.2, 0) is 37.2 Å². The van der Waals surface area contributed by atoms with Crippen LogP contribution in [0.25, 0.3) is 0 Å². The third kappa shape index (κ3) is 3.26. The van der Waals surface area contributed by atoms with Crippen LogP contribution in [-0.4, -0.2) is 33.1 Å². The Kier molecular flexibility index (Phi) is 4.66. The van der Waals surface area contributed by atoms with Gasteiger partial charge in [-0.3, -0.25) is 0 Å². The summed E-state index contributed by atoms with van der Waals surface area (Å²) in [6.45, 7) is 3.35. The van der Waals surface area contributed by atoms with Gasteiger partial charge in [-0.15, -0.1) is 4.72 Å². The molecule has 2 N–H and O–H groups in total. The number of carbonyl (C=O) groups excluding carboxylic acids is 1. The summed E-state index contributed by atoms with van der Waals surface area (Å²) in [4.78, 5) is 13.0. The molecule has 7 nitrogen and oxygen atoms in total. The van der Waals surface area contributed by atoms with Gasteiger partial charge in [0.2, 0.25) is 0 Å². The van der Waals surface area contributed by atoms with E-state index >= 15 is 0 Å². The number of urea groups is 1. The van der Waals surface area contributed by atoms with Gasteiger partial charge in [0.05, 0.1) is 6.61 Å². The fraction of sp³-hybridized carbons (Fsp3) is 0.500. The van der Waals surface area contributed by atoms with Gasteiger partial charge < -0.3 is 14.6 Å². The van der Waals surface area contributed by atoms with E-state index in [2.05, 4.69) is 28.1 Å². The predicted molar refractivity (Wildman–Crippen MR) is 106 cm³/mol. The van der Waals surface area contributed by atoms with E-state index in [0.717, 1.165) is 36.0 Å². The molecular weight excluding hydrogens is 395 g/mol. The highest BCUT2D eigenvalue weighted by molar-refractivity contribution is 7.90. The number of amides is 2. The zero-order chi connectivity index (χ0) is 20.1. The van der Waals surface area contributed by atoms with E-state index < -0.39 is 23.6 Å². The number of aromatic nitrogens is 2. The van der Waals surface area contributed by atoms with Crippen molar-refractivity contribution in [3.63, 3.8) is 0 Å². The molecule has 29 heavy (non-hydrogen) atoms. The summed E-state index contributed by atoms with van der Waals surface area (Å²) in [5, 5.41) is 7.06. The largest absolute Gasteiger partial charge is 0.588 e. The predicted octanol–water partition coefficient (Wildman–Crippen LogP) is 3.00. The summed E-state index contributed by atoms with van der Waals surface area (Å²) >= 11 is -1.80. The molecule has 5 rings (SSSR count). The minimum atomic E-state index is -1.80. The number of alkyl halides is 1. The second-order valence-electron chi connectivity index (χ2n) is 7.97. The summed E-state index contributed by atoms with van der Waals surface area (Å²) in [5.41, 5.74) is 4.81. The van der Waals surface area contributed by atoms with Crippen molar-refractivity contribution in [1.82, 2.24) is 14.5 Å². The van der Waals surface area contributed by atoms with E-state index in [-0.39, 0.29) is 0 Å². The van der Waals surface area contributed by atoms with Crippen molar-refractivity contribution in [1.29, 1.82) is 0 Å². The molecule has 0 bridgehead atoms. The molecule has 2 amide bonds. The molecule has 0 radical (unpaired) electrons. The Hall–Kier alpha value is -2.26. The number of nitrogens with zero attached hydrogens (tertiary/aromatic N) is 2.